The number of quaternary nitrogens is 1. The molecule has 112 valence electrons. The van der Waals surface area contributed by atoms with Gasteiger partial charge in [0.2, 0.25) is 0 Å². The van der Waals surface area contributed by atoms with Crippen molar-refractivity contribution in [1.29, 1.82) is 0 Å². The Morgan fingerprint density at radius 2 is 1.50 bits per heavy atom. The number of rotatable bonds is 4. The van der Waals surface area contributed by atoms with Gasteiger partial charge in [0.1, 0.15) is 11.4 Å². The van der Waals surface area contributed by atoms with Gasteiger partial charge in [0.15, 0.2) is 0 Å². The molecule has 0 amide bonds. The zero-order chi connectivity index (χ0) is 15.6. The molecule has 0 aromatic heterocycles. The van der Waals surface area contributed by atoms with E-state index in [4.69, 9.17) is 0 Å². The lowest BCUT2D eigenvalue weighted by Gasteiger charge is -2.26. The first-order chi connectivity index (χ1) is 10.6. The number of para-hydroxylation sites is 1. The second-order valence-electron chi connectivity index (χ2n) is 6.54. The average molecular weight is 290 g/mol. The third kappa shape index (κ3) is 2.77. The molecule has 0 aliphatic carbocycles. The van der Waals surface area contributed by atoms with Gasteiger partial charge in [-0.3, -0.25) is 5.32 Å². The fourth-order valence-electron chi connectivity index (χ4n) is 3.07. The quantitative estimate of drug-likeness (QED) is 0.647. The van der Waals surface area contributed by atoms with Crippen molar-refractivity contribution >= 4 is 22.1 Å². The first-order valence-electron chi connectivity index (χ1n) is 8.04. The molecule has 22 heavy (non-hydrogen) atoms. The molecule has 0 unspecified atom stereocenters. The maximum atomic E-state index is 2.34. The Morgan fingerprint density at radius 3 is 2.23 bits per heavy atom. The van der Waals surface area contributed by atoms with E-state index < -0.39 is 0 Å². The van der Waals surface area contributed by atoms with Crippen LogP contribution in [-0.2, 0) is 5.41 Å². The summed E-state index contributed by atoms with van der Waals surface area (Å²) in [6.07, 6.45) is 1.12. The summed E-state index contributed by atoms with van der Waals surface area (Å²) in [5.74, 6) is 0. The van der Waals surface area contributed by atoms with Crippen LogP contribution >= 0.6 is 0 Å². The second kappa shape index (κ2) is 5.94. The Balaban J connectivity index is 2.19. The molecular weight excluding hydrogens is 266 g/mol. The maximum Gasteiger partial charge on any atom is 0.139 e. The summed E-state index contributed by atoms with van der Waals surface area (Å²) >= 11 is 0. The predicted octanol–water partition coefficient (Wildman–Crippen LogP) is 5.05. The highest BCUT2D eigenvalue weighted by molar-refractivity contribution is 5.89. The Kier molecular flexibility index (Phi) is 4.00. The van der Waals surface area contributed by atoms with Gasteiger partial charge in [-0.2, -0.15) is 0 Å². The van der Waals surface area contributed by atoms with Gasteiger partial charge in [0.05, 0.1) is 0 Å². The Hall–Kier alpha value is -2.12. The SMILES string of the molecule is CCC(C)(C)c1c([NH2+]c2ccccc2)ccc2ccccc12. The van der Waals surface area contributed by atoms with E-state index in [9.17, 15) is 0 Å². The van der Waals surface area contributed by atoms with Crippen molar-refractivity contribution in [3.05, 3.63) is 72.3 Å². The summed E-state index contributed by atoms with van der Waals surface area (Å²) < 4.78 is 0. The lowest BCUT2D eigenvalue weighted by molar-refractivity contribution is -0.479. The van der Waals surface area contributed by atoms with Crippen LogP contribution in [-0.4, -0.2) is 0 Å². The summed E-state index contributed by atoms with van der Waals surface area (Å²) in [5, 5.41) is 5.00. The Bertz CT molecular complexity index is 772. The van der Waals surface area contributed by atoms with Gasteiger partial charge in [0.25, 0.3) is 0 Å². The van der Waals surface area contributed by atoms with Crippen LogP contribution in [0.5, 0.6) is 0 Å². The molecule has 0 aliphatic rings. The van der Waals surface area contributed by atoms with Gasteiger partial charge in [-0.05, 0) is 40.8 Å². The molecule has 3 rings (SSSR count). The number of nitrogens with two attached hydrogens (primary N) is 1. The minimum Gasteiger partial charge on any atom is -0.281 e. The number of hydrogen-bond acceptors (Lipinski definition) is 0. The van der Waals surface area contributed by atoms with E-state index in [0.29, 0.717) is 0 Å². The van der Waals surface area contributed by atoms with Gasteiger partial charge in [-0.25, -0.2) is 0 Å². The highest BCUT2D eigenvalue weighted by Crippen LogP contribution is 2.36. The van der Waals surface area contributed by atoms with Crippen LogP contribution in [0.1, 0.15) is 32.8 Å². The van der Waals surface area contributed by atoms with Crippen molar-refractivity contribution in [3.8, 4) is 0 Å². The molecule has 0 bridgehead atoms. The van der Waals surface area contributed by atoms with Crippen LogP contribution in [0.3, 0.4) is 0 Å². The van der Waals surface area contributed by atoms with Crippen LogP contribution in [0.15, 0.2) is 66.7 Å². The highest BCUT2D eigenvalue weighted by atomic mass is 14.9. The van der Waals surface area contributed by atoms with Crippen molar-refractivity contribution in [2.75, 3.05) is 0 Å². The van der Waals surface area contributed by atoms with Gasteiger partial charge in [-0.1, -0.05) is 63.2 Å². The summed E-state index contributed by atoms with van der Waals surface area (Å²) in [5.41, 5.74) is 4.20. The number of hydrogen-bond donors (Lipinski definition) is 1. The van der Waals surface area contributed by atoms with Crippen LogP contribution in [0.25, 0.3) is 10.8 Å². The fourth-order valence-corrected chi connectivity index (χ4v) is 3.07. The molecule has 3 aromatic rings. The lowest BCUT2D eigenvalue weighted by Crippen LogP contribution is -2.71. The molecule has 2 N–H and O–H groups in total. The summed E-state index contributed by atoms with van der Waals surface area (Å²) in [6.45, 7) is 6.96. The highest BCUT2D eigenvalue weighted by Gasteiger charge is 2.26. The molecule has 1 heteroatoms. The van der Waals surface area contributed by atoms with E-state index in [0.717, 1.165) is 6.42 Å². The molecule has 3 aromatic carbocycles. The van der Waals surface area contributed by atoms with Crippen LogP contribution in [0.2, 0.25) is 0 Å². The molecular formula is C21H24N+. The average Bonchev–Trinajstić information content (AvgIpc) is 2.55. The first kappa shape index (κ1) is 14.8. The van der Waals surface area contributed by atoms with E-state index in [1.165, 1.54) is 27.7 Å². The van der Waals surface area contributed by atoms with Crippen molar-refractivity contribution in [2.24, 2.45) is 0 Å². The van der Waals surface area contributed by atoms with E-state index in [1.807, 2.05) is 0 Å². The van der Waals surface area contributed by atoms with Gasteiger partial charge >= 0.3 is 0 Å². The van der Waals surface area contributed by atoms with Gasteiger partial charge in [-0.15, -0.1) is 0 Å². The van der Waals surface area contributed by atoms with Crippen LogP contribution in [0, 0.1) is 0 Å². The molecule has 0 saturated carbocycles. The van der Waals surface area contributed by atoms with Crippen LogP contribution in [0.4, 0.5) is 11.4 Å². The largest absolute Gasteiger partial charge is 0.281 e. The molecule has 0 saturated heterocycles. The molecule has 0 atom stereocenters. The maximum absolute atomic E-state index is 2.34. The molecule has 1 nitrogen and oxygen atoms in total. The van der Waals surface area contributed by atoms with E-state index >= 15 is 0 Å². The monoisotopic (exact) mass is 290 g/mol. The smallest absolute Gasteiger partial charge is 0.139 e. The standard InChI is InChI=1S/C21H23N/c1-4-21(2,3)20-18-13-9-8-10-16(18)14-15-19(20)22-17-11-6-5-7-12-17/h5-15,22H,4H2,1-3H3/p+1. The Labute approximate surface area is 133 Å². The lowest BCUT2D eigenvalue weighted by atomic mass is 9.78. The van der Waals surface area contributed by atoms with Crippen LogP contribution < -0.4 is 5.32 Å². The fraction of sp³-hybridized carbons (Fsp3) is 0.238. The number of fused-ring (bicyclic) bond motifs is 1. The van der Waals surface area contributed by atoms with E-state index in [-0.39, 0.29) is 5.41 Å². The minimum atomic E-state index is 0.154. The molecule has 0 heterocycles. The minimum absolute atomic E-state index is 0.154. The molecule has 0 fully saturated rings. The summed E-state index contributed by atoms with van der Waals surface area (Å²) in [4.78, 5) is 0. The van der Waals surface area contributed by atoms with Gasteiger partial charge in [0, 0.05) is 11.6 Å². The summed E-state index contributed by atoms with van der Waals surface area (Å²) in [6, 6.07) is 23.8. The third-order valence-electron chi connectivity index (χ3n) is 4.64. The second-order valence-corrected chi connectivity index (χ2v) is 6.54. The van der Waals surface area contributed by atoms with Crippen molar-refractivity contribution in [2.45, 2.75) is 32.6 Å². The van der Waals surface area contributed by atoms with Crippen molar-refractivity contribution < 1.29 is 5.32 Å². The first-order valence-corrected chi connectivity index (χ1v) is 8.04. The zero-order valence-electron chi connectivity index (χ0n) is 13.6. The zero-order valence-corrected chi connectivity index (χ0v) is 13.6. The van der Waals surface area contributed by atoms with E-state index in [1.54, 1.807) is 0 Å². The summed E-state index contributed by atoms with van der Waals surface area (Å²) in [7, 11) is 0. The normalized spacial score (nSPS) is 11.8. The molecule has 0 aliphatic heterocycles. The van der Waals surface area contributed by atoms with Gasteiger partial charge < -0.3 is 0 Å². The van der Waals surface area contributed by atoms with Crippen molar-refractivity contribution in [3.63, 3.8) is 0 Å². The van der Waals surface area contributed by atoms with E-state index in [2.05, 4.69) is 92.8 Å². The molecule has 0 spiro atoms. The topological polar surface area (TPSA) is 16.6 Å². The number of benzene rings is 3. The predicted molar refractivity (Wildman–Crippen MR) is 95.0 cm³/mol. The molecule has 0 radical (unpaired) electrons. The third-order valence-corrected chi connectivity index (χ3v) is 4.64. The Morgan fingerprint density at radius 1 is 0.818 bits per heavy atom. The van der Waals surface area contributed by atoms with Crippen molar-refractivity contribution in [1.82, 2.24) is 0 Å².